The van der Waals surface area contributed by atoms with Gasteiger partial charge in [-0.2, -0.15) is 16.8 Å². The number of hydrogen-bond donors (Lipinski definition) is 0. The fourth-order valence-electron chi connectivity index (χ4n) is 1.79. The molecular formula is C16H22O8S2. The SMILES string of the molecule is CCCCS(=O)(=O)OC(=O)c1ccc(C(=O)OS(=O)(=O)CCCC)cc1. The maximum Gasteiger partial charge on any atom is 0.353 e. The Hall–Kier alpha value is -1.94. The minimum absolute atomic E-state index is 0.0875. The van der Waals surface area contributed by atoms with Crippen LogP contribution in [-0.4, -0.2) is 40.3 Å². The van der Waals surface area contributed by atoms with Crippen molar-refractivity contribution in [1.82, 2.24) is 0 Å². The van der Waals surface area contributed by atoms with Crippen LogP contribution in [0.4, 0.5) is 0 Å². The lowest BCUT2D eigenvalue weighted by molar-refractivity contribution is 0.0730. The van der Waals surface area contributed by atoms with Gasteiger partial charge in [0.05, 0.1) is 22.6 Å². The first-order valence-electron chi connectivity index (χ1n) is 8.13. The van der Waals surface area contributed by atoms with Crippen LogP contribution in [0.2, 0.25) is 0 Å². The fraction of sp³-hybridized carbons (Fsp3) is 0.500. The zero-order chi connectivity index (χ0) is 19.8. The Morgan fingerprint density at radius 2 is 1.04 bits per heavy atom. The Balaban J connectivity index is 2.76. The molecule has 8 nitrogen and oxygen atoms in total. The minimum Gasteiger partial charge on any atom is -0.341 e. The molecule has 1 rings (SSSR count). The number of hydrogen-bond acceptors (Lipinski definition) is 8. The van der Waals surface area contributed by atoms with E-state index >= 15 is 0 Å². The predicted molar refractivity (Wildman–Crippen MR) is 94.7 cm³/mol. The Kier molecular flexibility index (Phi) is 8.22. The molecule has 10 heteroatoms. The maximum atomic E-state index is 11.8. The second kappa shape index (κ2) is 9.67. The van der Waals surface area contributed by atoms with Gasteiger partial charge in [0.15, 0.2) is 0 Å². The van der Waals surface area contributed by atoms with Gasteiger partial charge in [0.2, 0.25) is 0 Å². The highest BCUT2D eigenvalue weighted by molar-refractivity contribution is 7.87. The molecule has 0 aliphatic heterocycles. The normalized spacial score (nSPS) is 11.8. The molecule has 0 fully saturated rings. The molecule has 0 saturated carbocycles. The molecule has 0 aromatic heterocycles. The van der Waals surface area contributed by atoms with E-state index in [9.17, 15) is 26.4 Å². The van der Waals surface area contributed by atoms with E-state index in [1.807, 2.05) is 0 Å². The number of benzene rings is 1. The summed E-state index contributed by atoms with van der Waals surface area (Å²) < 4.78 is 55.4. The first-order valence-corrected chi connectivity index (χ1v) is 11.3. The van der Waals surface area contributed by atoms with Crippen molar-refractivity contribution in [2.45, 2.75) is 39.5 Å². The van der Waals surface area contributed by atoms with E-state index in [2.05, 4.69) is 8.37 Å². The van der Waals surface area contributed by atoms with E-state index in [1.165, 1.54) is 0 Å². The van der Waals surface area contributed by atoms with Crippen LogP contribution in [0.1, 0.15) is 60.2 Å². The minimum atomic E-state index is -3.97. The molecule has 0 atom stereocenters. The molecule has 0 amide bonds. The van der Waals surface area contributed by atoms with Gasteiger partial charge in [-0.3, -0.25) is 0 Å². The summed E-state index contributed by atoms with van der Waals surface area (Å²) in [5.41, 5.74) is -0.175. The first-order chi connectivity index (χ1) is 12.1. The molecule has 0 radical (unpaired) electrons. The molecule has 1 aromatic rings. The summed E-state index contributed by atoms with van der Waals surface area (Å²) in [5.74, 6) is -2.68. The largest absolute Gasteiger partial charge is 0.353 e. The highest BCUT2D eigenvalue weighted by Gasteiger charge is 2.21. The second-order valence-corrected chi connectivity index (χ2v) is 8.93. The lowest BCUT2D eigenvalue weighted by Gasteiger charge is -2.07. The quantitative estimate of drug-likeness (QED) is 0.543. The van der Waals surface area contributed by atoms with Crippen molar-refractivity contribution in [1.29, 1.82) is 0 Å². The van der Waals surface area contributed by atoms with Crippen LogP contribution < -0.4 is 0 Å². The van der Waals surface area contributed by atoms with Crippen LogP contribution in [-0.2, 0) is 28.6 Å². The Morgan fingerprint density at radius 3 is 1.31 bits per heavy atom. The van der Waals surface area contributed by atoms with Gasteiger partial charge in [-0.25, -0.2) is 9.59 Å². The van der Waals surface area contributed by atoms with Crippen molar-refractivity contribution in [3.63, 3.8) is 0 Å². The first kappa shape index (κ1) is 22.1. The standard InChI is InChI=1S/C16H22O8S2/c1-3-5-11-25(19,20)23-15(17)13-7-9-14(10-8-13)16(18)24-26(21,22)12-6-4-2/h7-10H,3-6,11-12H2,1-2H3. The van der Waals surface area contributed by atoms with Crippen LogP contribution in [0.3, 0.4) is 0 Å². The van der Waals surface area contributed by atoms with Gasteiger partial charge < -0.3 is 8.37 Å². The summed E-state index contributed by atoms with van der Waals surface area (Å²) in [5, 5.41) is 0. The smallest absolute Gasteiger partial charge is 0.341 e. The van der Waals surface area contributed by atoms with Crippen LogP contribution in [0, 0.1) is 0 Å². The zero-order valence-corrected chi connectivity index (χ0v) is 16.3. The summed E-state index contributed by atoms with van der Waals surface area (Å²) in [6.07, 6.45) is 2.00. The molecular weight excluding hydrogens is 384 g/mol. The highest BCUT2D eigenvalue weighted by Crippen LogP contribution is 2.12. The average molecular weight is 406 g/mol. The third-order valence-electron chi connectivity index (χ3n) is 3.26. The summed E-state index contributed by atoms with van der Waals surface area (Å²) >= 11 is 0. The number of rotatable bonds is 10. The van der Waals surface area contributed by atoms with Gasteiger partial charge in [-0.1, -0.05) is 26.7 Å². The van der Waals surface area contributed by atoms with Crippen molar-refractivity contribution >= 4 is 32.2 Å². The second-order valence-electron chi connectivity index (χ2n) is 5.55. The Morgan fingerprint density at radius 1 is 0.731 bits per heavy atom. The van der Waals surface area contributed by atoms with E-state index in [0.29, 0.717) is 25.7 Å². The van der Waals surface area contributed by atoms with Gasteiger partial charge in [0.25, 0.3) is 0 Å². The monoisotopic (exact) mass is 406 g/mol. The van der Waals surface area contributed by atoms with Crippen molar-refractivity contribution in [3.8, 4) is 0 Å². The predicted octanol–water partition coefficient (Wildman–Crippen LogP) is 2.26. The molecule has 0 spiro atoms. The van der Waals surface area contributed by atoms with E-state index in [1.54, 1.807) is 13.8 Å². The lowest BCUT2D eigenvalue weighted by Crippen LogP contribution is -2.17. The topological polar surface area (TPSA) is 121 Å². The molecule has 0 N–H and O–H groups in total. The molecule has 0 saturated heterocycles. The Labute approximate surface area is 153 Å². The summed E-state index contributed by atoms with van der Waals surface area (Å²) in [6, 6.07) is 4.64. The van der Waals surface area contributed by atoms with E-state index in [-0.39, 0.29) is 22.6 Å². The molecule has 0 bridgehead atoms. The molecule has 0 heterocycles. The summed E-state index contributed by atoms with van der Waals surface area (Å²) in [6.45, 7) is 3.61. The zero-order valence-electron chi connectivity index (χ0n) is 14.6. The molecule has 0 aliphatic rings. The van der Waals surface area contributed by atoms with Crippen LogP contribution in [0.5, 0.6) is 0 Å². The van der Waals surface area contributed by atoms with E-state index in [0.717, 1.165) is 24.3 Å². The van der Waals surface area contributed by atoms with Crippen molar-refractivity contribution in [2.75, 3.05) is 11.5 Å². The van der Waals surface area contributed by atoms with E-state index in [4.69, 9.17) is 0 Å². The third-order valence-corrected chi connectivity index (χ3v) is 5.65. The van der Waals surface area contributed by atoms with Crippen molar-refractivity contribution in [2.24, 2.45) is 0 Å². The van der Waals surface area contributed by atoms with E-state index < -0.39 is 32.2 Å². The third kappa shape index (κ3) is 7.52. The average Bonchev–Trinajstić information content (AvgIpc) is 2.57. The van der Waals surface area contributed by atoms with Gasteiger partial charge in [0.1, 0.15) is 0 Å². The van der Waals surface area contributed by atoms with Gasteiger partial charge in [-0.05, 0) is 37.1 Å². The molecule has 0 aliphatic carbocycles. The van der Waals surface area contributed by atoms with Crippen molar-refractivity contribution < 1.29 is 34.8 Å². The lowest BCUT2D eigenvalue weighted by atomic mass is 10.1. The summed E-state index contributed by atoms with van der Waals surface area (Å²) in [4.78, 5) is 23.7. The molecule has 146 valence electrons. The number of carbonyl (C=O) groups excluding carboxylic acids is 2. The molecule has 26 heavy (non-hydrogen) atoms. The van der Waals surface area contributed by atoms with Gasteiger partial charge >= 0.3 is 32.2 Å². The fourth-order valence-corrected chi connectivity index (χ4v) is 3.90. The highest BCUT2D eigenvalue weighted by atomic mass is 32.2. The van der Waals surface area contributed by atoms with Gasteiger partial charge in [-0.15, -0.1) is 0 Å². The van der Waals surface area contributed by atoms with Gasteiger partial charge in [0, 0.05) is 0 Å². The molecule has 0 unspecified atom stereocenters. The molecule has 1 aromatic carbocycles. The number of unbranched alkanes of at least 4 members (excludes halogenated alkanes) is 2. The van der Waals surface area contributed by atoms with Crippen LogP contribution >= 0.6 is 0 Å². The summed E-state index contributed by atoms with van der Waals surface area (Å²) in [7, 11) is -7.94. The van der Waals surface area contributed by atoms with Crippen LogP contribution in [0.15, 0.2) is 24.3 Å². The number of carbonyl (C=O) groups is 2. The Bertz CT molecular complexity index is 753. The maximum absolute atomic E-state index is 11.8. The van der Waals surface area contributed by atoms with Crippen molar-refractivity contribution in [3.05, 3.63) is 35.4 Å². The van der Waals surface area contributed by atoms with Crippen LogP contribution in [0.25, 0.3) is 0 Å².